The van der Waals surface area contributed by atoms with Crippen LogP contribution < -0.4 is 15.4 Å². The molecular formula is C27H35ClN6O2. The minimum absolute atomic E-state index is 0.0227. The molecule has 36 heavy (non-hydrogen) atoms. The van der Waals surface area contributed by atoms with E-state index in [0.717, 1.165) is 55.5 Å². The first-order valence-electron chi connectivity index (χ1n) is 13.1. The maximum atomic E-state index is 12.3. The van der Waals surface area contributed by atoms with Crippen LogP contribution in [0.1, 0.15) is 51.4 Å². The van der Waals surface area contributed by atoms with E-state index < -0.39 is 0 Å². The number of aromatic nitrogens is 3. The molecular weight excluding hydrogens is 476 g/mol. The van der Waals surface area contributed by atoms with Crippen molar-refractivity contribution in [3.05, 3.63) is 35.5 Å². The summed E-state index contributed by atoms with van der Waals surface area (Å²) in [6.45, 7) is 2.15. The van der Waals surface area contributed by atoms with Crippen LogP contribution in [0.3, 0.4) is 0 Å². The second-order valence-electron chi connectivity index (χ2n) is 10.1. The van der Waals surface area contributed by atoms with E-state index in [1.807, 2.05) is 24.3 Å². The minimum Gasteiger partial charge on any atom is -0.484 e. The predicted octanol–water partition coefficient (Wildman–Crippen LogP) is 5.00. The number of hydrogen-bond acceptors (Lipinski definition) is 6. The standard InChI is InChI=1S/C27H35ClN6O2/c1-34-14-12-20(13-15-34)31-24-22(28)16-29-27-25(24)32-26(33-27)18-8-10-21(11-9-18)36-17-23(35)30-19-6-4-2-3-5-7-19/h8-11,16,19-20H,2-7,12-15,17H2,1H3,(H,30,35)(H2,29,31,32,33). The molecule has 1 aliphatic heterocycles. The van der Waals surface area contributed by atoms with E-state index in [1.54, 1.807) is 6.20 Å². The number of anilines is 1. The highest BCUT2D eigenvalue weighted by Crippen LogP contribution is 2.32. The number of ether oxygens (including phenoxy) is 1. The van der Waals surface area contributed by atoms with Gasteiger partial charge in [0.1, 0.15) is 17.1 Å². The third-order valence-corrected chi connectivity index (χ3v) is 7.54. The van der Waals surface area contributed by atoms with Crippen molar-refractivity contribution < 1.29 is 9.53 Å². The van der Waals surface area contributed by atoms with Gasteiger partial charge in [0, 0.05) is 17.6 Å². The molecule has 8 nitrogen and oxygen atoms in total. The zero-order valence-electron chi connectivity index (χ0n) is 20.9. The second kappa shape index (κ2) is 11.5. The molecule has 1 aromatic carbocycles. The Morgan fingerprint density at radius 3 is 2.53 bits per heavy atom. The van der Waals surface area contributed by atoms with Crippen LogP contribution in [0.5, 0.6) is 5.75 Å². The number of carbonyl (C=O) groups excluding carboxylic acids is 1. The third kappa shape index (κ3) is 6.10. The van der Waals surface area contributed by atoms with Gasteiger partial charge in [-0.15, -0.1) is 0 Å². The Hall–Kier alpha value is -2.84. The number of imidazole rings is 1. The van der Waals surface area contributed by atoms with Gasteiger partial charge in [-0.25, -0.2) is 9.97 Å². The van der Waals surface area contributed by atoms with E-state index in [1.165, 1.54) is 25.7 Å². The first-order valence-corrected chi connectivity index (χ1v) is 13.4. The number of amides is 1. The summed E-state index contributed by atoms with van der Waals surface area (Å²) < 4.78 is 5.73. The molecule has 2 fully saturated rings. The Balaban J connectivity index is 1.22. The molecule has 0 radical (unpaired) electrons. The Bertz CT molecular complexity index is 1160. The van der Waals surface area contributed by atoms with E-state index >= 15 is 0 Å². The number of pyridine rings is 1. The predicted molar refractivity (Wildman–Crippen MR) is 144 cm³/mol. The van der Waals surface area contributed by atoms with Crippen LogP contribution in [-0.4, -0.2) is 64.6 Å². The zero-order chi connectivity index (χ0) is 24.9. The molecule has 3 aromatic rings. The molecule has 1 saturated carbocycles. The van der Waals surface area contributed by atoms with Gasteiger partial charge in [0.2, 0.25) is 0 Å². The van der Waals surface area contributed by atoms with Crippen LogP contribution >= 0.6 is 11.6 Å². The summed E-state index contributed by atoms with van der Waals surface area (Å²) >= 11 is 6.52. The maximum absolute atomic E-state index is 12.3. The monoisotopic (exact) mass is 510 g/mol. The van der Waals surface area contributed by atoms with Crippen molar-refractivity contribution in [1.29, 1.82) is 0 Å². The summed E-state index contributed by atoms with van der Waals surface area (Å²) in [6, 6.07) is 8.23. The van der Waals surface area contributed by atoms with Gasteiger partial charge >= 0.3 is 0 Å². The number of nitrogens with zero attached hydrogens (tertiary/aromatic N) is 3. The molecule has 3 N–H and O–H groups in total. The second-order valence-corrected chi connectivity index (χ2v) is 10.5. The van der Waals surface area contributed by atoms with Gasteiger partial charge in [-0.1, -0.05) is 37.3 Å². The Morgan fingerprint density at radius 2 is 1.81 bits per heavy atom. The number of aromatic amines is 1. The Kier molecular flexibility index (Phi) is 7.92. The van der Waals surface area contributed by atoms with Crippen molar-refractivity contribution in [2.45, 2.75) is 63.5 Å². The van der Waals surface area contributed by atoms with Crippen LogP contribution in [0, 0.1) is 0 Å². The SMILES string of the molecule is CN1CCC(Nc2c(Cl)cnc3[nH]c(-c4ccc(OCC(=O)NC5CCCCCC5)cc4)nc23)CC1. The van der Waals surface area contributed by atoms with Gasteiger partial charge in [-0.3, -0.25) is 4.79 Å². The first-order chi connectivity index (χ1) is 17.5. The number of likely N-dealkylation sites (tertiary alicyclic amines) is 1. The lowest BCUT2D eigenvalue weighted by Gasteiger charge is -2.30. The normalized spacial score (nSPS) is 18.2. The molecule has 0 spiro atoms. The molecule has 0 atom stereocenters. The average molecular weight is 511 g/mol. The lowest BCUT2D eigenvalue weighted by molar-refractivity contribution is -0.123. The van der Waals surface area contributed by atoms with E-state index in [-0.39, 0.29) is 18.6 Å². The number of H-pyrrole nitrogens is 1. The molecule has 1 aliphatic carbocycles. The van der Waals surface area contributed by atoms with Crippen molar-refractivity contribution in [3.8, 4) is 17.1 Å². The molecule has 2 aliphatic rings. The summed E-state index contributed by atoms with van der Waals surface area (Å²) in [5, 5.41) is 7.30. The molecule has 1 saturated heterocycles. The van der Waals surface area contributed by atoms with Crippen LogP contribution in [0.25, 0.3) is 22.6 Å². The van der Waals surface area contributed by atoms with Crippen LogP contribution in [0.15, 0.2) is 30.5 Å². The molecule has 5 rings (SSSR count). The zero-order valence-corrected chi connectivity index (χ0v) is 21.6. The fourth-order valence-electron chi connectivity index (χ4n) is 5.11. The number of halogens is 1. The van der Waals surface area contributed by atoms with E-state index in [9.17, 15) is 4.79 Å². The molecule has 9 heteroatoms. The number of rotatable bonds is 7. The highest BCUT2D eigenvalue weighted by atomic mass is 35.5. The lowest BCUT2D eigenvalue weighted by atomic mass is 10.1. The summed E-state index contributed by atoms with van der Waals surface area (Å²) in [7, 11) is 2.15. The summed E-state index contributed by atoms with van der Waals surface area (Å²) in [5.41, 5.74) is 3.18. The maximum Gasteiger partial charge on any atom is 0.258 e. The molecule has 1 amide bonds. The van der Waals surface area contributed by atoms with Gasteiger partial charge in [-0.2, -0.15) is 0 Å². The van der Waals surface area contributed by atoms with Gasteiger partial charge in [0.25, 0.3) is 5.91 Å². The number of benzene rings is 1. The van der Waals surface area contributed by atoms with Crippen LogP contribution in [0.4, 0.5) is 5.69 Å². The van der Waals surface area contributed by atoms with Crippen molar-refractivity contribution in [1.82, 2.24) is 25.2 Å². The van der Waals surface area contributed by atoms with Crippen molar-refractivity contribution in [2.24, 2.45) is 0 Å². The van der Waals surface area contributed by atoms with Crippen LogP contribution in [-0.2, 0) is 4.79 Å². The number of nitrogens with one attached hydrogen (secondary N) is 3. The number of hydrogen-bond donors (Lipinski definition) is 3. The quantitative estimate of drug-likeness (QED) is 0.387. The highest BCUT2D eigenvalue weighted by molar-refractivity contribution is 6.34. The fraction of sp³-hybridized carbons (Fsp3) is 0.519. The molecule has 0 bridgehead atoms. The molecule has 2 aromatic heterocycles. The summed E-state index contributed by atoms with van der Waals surface area (Å²) in [6.07, 6.45) is 10.8. The summed E-state index contributed by atoms with van der Waals surface area (Å²) in [4.78, 5) is 27.2. The third-order valence-electron chi connectivity index (χ3n) is 7.25. The molecule has 0 unspecified atom stereocenters. The lowest BCUT2D eigenvalue weighted by Crippen LogP contribution is -2.37. The first kappa shape index (κ1) is 24.8. The van der Waals surface area contributed by atoms with Gasteiger partial charge in [0.05, 0.1) is 16.9 Å². The van der Waals surface area contributed by atoms with E-state index in [4.69, 9.17) is 21.3 Å². The largest absolute Gasteiger partial charge is 0.484 e. The highest BCUT2D eigenvalue weighted by Gasteiger charge is 2.21. The van der Waals surface area contributed by atoms with Gasteiger partial charge in [-0.05, 0) is 70.1 Å². The van der Waals surface area contributed by atoms with Crippen molar-refractivity contribution in [3.63, 3.8) is 0 Å². The van der Waals surface area contributed by atoms with Crippen molar-refractivity contribution >= 4 is 34.4 Å². The number of piperidine rings is 1. The minimum atomic E-state index is -0.0594. The number of fused-ring (bicyclic) bond motifs is 1. The summed E-state index contributed by atoms with van der Waals surface area (Å²) in [5.74, 6) is 1.30. The smallest absolute Gasteiger partial charge is 0.258 e. The fourth-order valence-corrected chi connectivity index (χ4v) is 5.31. The molecule has 192 valence electrons. The molecule has 3 heterocycles. The Morgan fingerprint density at radius 1 is 1.08 bits per heavy atom. The van der Waals surface area contributed by atoms with E-state index in [2.05, 4.69) is 32.5 Å². The average Bonchev–Trinajstić information content (AvgIpc) is 3.16. The Labute approximate surface area is 217 Å². The van der Waals surface area contributed by atoms with Crippen molar-refractivity contribution in [2.75, 3.05) is 32.1 Å². The topological polar surface area (TPSA) is 95.2 Å². The number of carbonyl (C=O) groups is 1. The van der Waals surface area contributed by atoms with Gasteiger partial charge in [0.15, 0.2) is 12.3 Å². The van der Waals surface area contributed by atoms with Gasteiger partial charge < -0.3 is 25.3 Å². The van der Waals surface area contributed by atoms with E-state index in [0.29, 0.717) is 28.3 Å². The van der Waals surface area contributed by atoms with Crippen LogP contribution in [0.2, 0.25) is 5.02 Å².